The molecule has 0 saturated carbocycles. The van der Waals surface area contributed by atoms with Crippen LogP contribution < -0.4 is 0 Å². The van der Waals surface area contributed by atoms with Crippen LogP contribution in [0.15, 0.2) is 22.7 Å². The topological polar surface area (TPSA) is 24.0 Å². The molecule has 3 heterocycles. The minimum Gasteiger partial charge on any atom is -0.331 e. The lowest BCUT2D eigenvalue weighted by Crippen LogP contribution is -2.37. The van der Waals surface area contributed by atoms with Crippen LogP contribution >= 0.6 is 28.1 Å². The fourth-order valence-corrected chi connectivity index (χ4v) is 4.64. The molecule has 0 bridgehead atoms. The van der Waals surface area contributed by atoms with E-state index in [2.05, 4.69) is 48.6 Å². The third-order valence-corrected chi connectivity index (χ3v) is 5.62. The number of hydrogen-bond acceptors (Lipinski definition) is 2. The zero-order chi connectivity index (χ0) is 13.7. The number of halogens is 1. The van der Waals surface area contributed by atoms with Crippen molar-refractivity contribution in [2.75, 3.05) is 13.1 Å². The number of aromatic nitrogens is 2. The van der Waals surface area contributed by atoms with Gasteiger partial charge in [-0.05, 0) is 56.2 Å². The Bertz CT molecular complexity index is 705. The average molecular weight is 352 g/mol. The van der Waals surface area contributed by atoms with E-state index in [1.165, 1.54) is 44.3 Å². The summed E-state index contributed by atoms with van der Waals surface area (Å²) in [5.74, 6) is 0. The maximum atomic E-state index is 5.60. The predicted molar refractivity (Wildman–Crippen MR) is 87.7 cm³/mol. The van der Waals surface area contributed by atoms with Gasteiger partial charge in [0, 0.05) is 17.1 Å². The van der Waals surface area contributed by atoms with Crippen molar-refractivity contribution in [3.8, 4) is 0 Å². The van der Waals surface area contributed by atoms with E-state index < -0.39 is 0 Å². The molecular weight excluding hydrogens is 334 g/mol. The second-order valence-electron chi connectivity index (χ2n) is 5.92. The molecule has 1 aromatic carbocycles. The average Bonchev–Trinajstić information content (AvgIpc) is 2.99. The Morgan fingerprint density at radius 1 is 1.15 bits per heavy atom. The molecule has 3 nitrogen and oxygen atoms in total. The smallest absolute Gasteiger partial charge is 0.178 e. The van der Waals surface area contributed by atoms with E-state index in [1.54, 1.807) is 0 Å². The van der Waals surface area contributed by atoms with Crippen LogP contribution in [-0.2, 0) is 0 Å². The molecule has 5 heteroatoms. The Morgan fingerprint density at radius 2 is 2.05 bits per heavy atom. The van der Waals surface area contributed by atoms with Gasteiger partial charge in [0.15, 0.2) is 4.77 Å². The highest BCUT2D eigenvalue weighted by Gasteiger charge is 2.37. The van der Waals surface area contributed by atoms with E-state index in [-0.39, 0.29) is 0 Å². The number of aromatic amines is 1. The summed E-state index contributed by atoms with van der Waals surface area (Å²) in [5, 5.41) is 0. The van der Waals surface area contributed by atoms with Gasteiger partial charge in [0.05, 0.1) is 17.1 Å². The van der Waals surface area contributed by atoms with Gasteiger partial charge in [-0.2, -0.15) is 0 Å². The zero-order valence-electron chi connectivity index (χ0n) is 11.3. The van der Waals surface area contributed by atoms with Crippen molar-refractivity contribution in [2.24, 2.45) is 0 Å². The second kappa shape index (κ2) is 4.97. The number of nitrogens with zero attached hydrogens (tertiary/aromatic N) is 2. The third kappa shape index (κ3) is 1.98. The number of H-pyrrole nitrogens is 1. The summed E-state index contributed by atoms with van der Waals surface area (Å²) in [7, 11) is 0. The highest BCUT2D eigenvalue weighted by atomic mass is 79.9. The minimum absolute atomic E-state index is 0.533. The zero-order valence-corrected chi connectivity index (χ0v) is 13.7. The maximum absolute atomic E-state index is 5.60. The molecule has 1 N–H and O–H groups in total. The van der Waals surface area contributed by atoms with Gasteiger partial charge in [0.1, 0.15) is 0 Å². The molecule has 2 atom stereocenters. The summed E-state index contributed by atoms with van der Waals surface area (Å²) in [5.41, 5.74) is 2.38. The minimum atomic E-state index is 0.533. The fourth-order valence-electron chi connectivity index (χ4n) is 3.95. The van der Waals surface area contributed by atoms with Gasteiger partial charge in [0.25, 0.3) is 0 Å². The molecule has 20 heavy (non-hydrogen) atoms. The van der Waals surface area contributed by atoms with Gasteiger partial charge >= 0.3 is 0 Å². The molecule has 2 aliphatic heterocycles. The maximum Gasteiger partial charge on any atom is 0.178 e. The van der Waals surface area contributed by atoms with Gasteiger partial charge in [-0.1, -0.05) is 22.4 Å². The largest absolute Gasteiger partial charge is 0.331 e. The second-order valence-corrected chi connectivity index (χ2v) is 7.22. The first-order valence-corrected chi connectivity index (χ1v) is 8.58. The lowest BCUT2D eigenvalue weighted by molar-refractivity contribution is 0.174. The van der Waals surface area contributed by atoms with E-state index in [9.17, 15) is 0 Å². The molecule has 2 fully saturated rings. The van der Waals surface area contributed by atoms with E-state index in [0.717, 1.165) is 14.8 Å². The van der Waals surface area contributed by atoms with Gasteiger partial charge in [-0.3, -0.25) is 4.90 Å². The highest BCUT2D eigenvalue weighted by molar-refractivity contribution is 9.10. The van der Waals surface area contributed by atoms with Crippen LogP contribution in [0.3, 0.4) is 0 Å². The first-order valence-electron chi connectivity index (χ1n) is 7.38. The standard InChI is InChI=1S/C15H18BrN3S/c16-10-4-5-11-14(9-10)19(15(20)17-11)13-6-8-18-7-2-1-3-12(13)18/h4-5,9,12-13H,1-3,6-8H2,(H,17,20). The molecule has 0 radical (unpaired) electrons. The quantitative estimate of drug-likeness (QED) is 0.776. The molecule has 1 aromatic heterocycles. The van der Waals surface area contributed by atoms with Crippen molar-refractivity contribution in [2.45, 2.75) is 37.8 Å². The van der Waals surface area contributed by atoms with E-state index >= 15 is 0 Å². The molecule has 2 aliphatic rings. The number of hydrogen-bond donors (Lipinski definition) is 1. The molecule has 0 amide bonds. The van der Waals surface area contributed by atoms with Gasteiger partial charge in [-0.15, -0.1) is 0 Å². The number of nitrogens with one attached hydrogen (secondary N) is 1. The molecule has 0 aliphatic carbocycles. The fraction of sp³-hybridized carbons (Fsp3) is 0.533. The first-order chi connectivity index (χ1) is 9.74. The number of fused-ring (bicyclic) bond motifs is 2. The summed E-state index contributed by atoms with van der Waals surface area (Å²) in [6.45, 7) is 2.48. The third-order valence-electron chi connectivity index (χ3n) is 4.83. The van der Waals surface area contributed by atoms with E-state index in [0.29, 0.717) is 12.1 Å². The molecule has 106 valence electrons. The molecule has 4 rings (SSSR count). The molecule has 2 saturated heterocycles. The lowest BCUT2D eigenvalue weighted by atomic mass is 9.99. The van der Waals surface area contributed by atoms with Crippen LogP contribution in [0.5, 0.6) is 0 Å². The van der Waals surface area contributed by atoms with Crippen LogP contribution in [0.1, 0.15) is 31.7 Å². The summed E-state index contributed by atoms with van der Waals surface area (Å²) in [6.07, 6.45) is 5.25. The predicted octanol–water partition coefficient (Wildman–Crippen LogP) is 4.26. The Hall–Kier alpha value is -0.650. The van der Waals surface area contributed by atoms with Crippen molar-refractivity contribution in [3.05, 3.63) is 27.4 Å². The molecular formula is C15H18BrN3S. The van der Waals surface area contributed by atoms with Crippen LogP contribution in [0.4, 0.5) is 0 Å². The summed E-state index contributed by atoms with van der Waals surface area (Å²) >= 11 is 9.18. The SMILES string of the molecule is S=c1[nH]c2ccc(Br)cc2n1C1CCN2CCCCC12. The van der Waals surface area contributed by atoms with E-state index in [1.807, 2.05) is 0 Å². The van der Waals surface area contributed by atoms with E-state index in [4.69, 9.17) is 12.2 Å². The van der Waals surface area contributed by atoms with Crippen LogP contribution in [-0.4, -0.2) is 33.6 Å². The summed E-state index contributed by atoms with van der Waals surface area (Å²) in [6, 6.07) is 7.57. The Morgan fingerprint density at radius 3 is 2.95 bits per heavy atom. The van der Waals surface area contributed by atoms with Gasteiger partial charge in [0.2, 0.25) is 0 Å². The first kappa shape index (κ1) is 13.0. The summed E-state index contributed by atoms with van der Waals surface area (Å²) in [4.78, 5) is 6.02. The molecule has 0 spiro atoms. The normalized spacial score (nSPS) is 27.1. The Labute approximate surface area is 132 Å². The van der Waals surface area contributed by atoms with Crippen LogP contribution in [0.2, 0.25) is 0 Å². The van der Waals surface area contributed by atoms with Crippen LogP contribution in [0.25, 0.3) is 11.0 Å². The highest BCUT2D eigenvalue weighted by Crippen LogP contribution is 2.37. The van der Waals surface area contributed by atoms with Crippen molar-refractivity contribution in [1.82, 2.24) is 14.5 Å². The van der Waals surface area contributed by atoms with Crippen LogP contribution in [0, 0.1) is 4.77 Å². The van der Waals surface area contributed by atoms with Crippen molar-refractivity contribution in [1.29, 1.82) is 0 Å². The number of piperidine rings is 1. The Kier molecular flexibility index (Phi) is 3.24. The Balaban J connectivity index is 1.83. The summed E-state index contributed by atoms with van der Waals surface area (Å²) < 4.78 is 4.35. The number of rotatable bonds is 1. The van der Waals surface area contributed by atoms with Gasteiger partial charge < -0.3 is 9.55 Å². The van der Waals surface area contributed by atoms with Crippen molar-refractivity contribution in [3.63, 3.8) is 0 Å². The van der Waals surface area contributed by atoms with Crippen molar-refractivity contribution >= 4 is 39.2 Å². The van der Waals surface area contributed by atoms with Gasteiger partial charge in [-0.25, -0.2) is 0 Å². The number of imidazole rings is 1. The molecule has 2 unspecified atom stereocenters. The monoisotopic (exact) mass is 351 g/mol. The molecule has 2 aromatic rings. The van der Waals surface area contributed by atoms with Crippen molar-refractivity contribution < 1.29 is 0 Å². The number of benzene rings is 1. The lowest BCUT2D eigenvalue weighted by Gasteiger charge is -2.33.